The monoisotopic (exact) mass is 367 g/mol. The van der Waals surface area contributed by atoms with Gasteiger partial charge in [-0.3, -0.25) is 0 Å². The van der Waals surface area contributed by atoms with Gasteiger partial charge in [-0.05, 0) is 56.6 Å². The molecule has 3 rings (SSSR count). The second-order valence-electron chi connectivity index (χ2n) is 6.62. The minimum absolute atomic E-state index is 0.254. The molecule has 120 valence electrons. The molecule has 2 fully saturated rings. The molecule has 1 aromatic carbocycles. The van der Waals surface area contributed by atoms with Crippen LogP contribution in [0.2, 0.25) is 0 Å². The lowest BCUT2D eigenvalue weighted by Gasteiger charge is -2.38. The van der Waals surface area contributed by atoms with Gasteiger partial charge < -0.3 is 14.7 Å². The van der Waals surface area contributed by atoms with E-state index in [-0.39, 0.29) is 11.5 Å². The maximum Gasteiger partial charge on any atom is 0.407 e. The highest BCUT2D eigenvalue weighted by atomic mass is 79.9. The summed E-state index contributed by atoms with van der Waals surface area (Å²) in [5.74, 6) is 0.958. The third-order valence-corrected chi connectivity index (χ3v) is 6.12. The quantitative estimate of drug-likeness (QED) is 0.839. The van der Waals surface area contributed by atoms with Crippen molar-refractivity contribution < 1.29 is 14.6 Å². The van der Waals surface area contributed by atoms with Crippen molar-refractivity contribution in [1.29, 1.82) is 0 Å². The van der Waals surface area contributed by atoms with Gasteiger partial charge in [0.05, 0.1) is 6.10 Å². The van der Waals surface area contributed by atoms with Crippen molar-refractivity contribution in [2.45, 2.75) is 45.1 Å². The van der Waals surface area contributed by atoms with E-state index in [0.29, 0.717) is 13.1 Å². The molecule has 2 aliphatic rings. The maximum atomic E-state index is 11.0. The van der Waals surface area contributed by atoms with Crippen LogP contribution in [0.25, 0.3) is 0 Å². The SMILES string of the molecule is Cc1c(Br)cccc1O[C@H]1CCC2(CCN(C(=O)O)CC2)C1. The Hall–Kier alpha value is -1.23. The van der Waals surface area contributed by atoms with Gasteiger partial charge in [-0.2, -0.15) is 0 Å². The first-order chi connectivity index (χ1) is 10.5. The van der Waals surface area contributed by atoms with E-state index in [1.165, 1.54) is 4.90 Å². The van der Waals surface area contributed by atoms with Crippen LogP contribution >= 0.6 is 15.9 Å². The van der Waals surface area contributed by atoms with E-state index in [9.17, 15) is 4.79 Å². The lowest BCUT2D eigenvalue weighted by molar-refractivity contribution is 0.0838. The second kappa shape index (κ2) is 6.11. The Morgan fingerprint density at radius 2 is 2.09 bits per heavy atom. The van der Waals surface area contributed by atoms with Gasteiger partial charge >= 0.3 is 6.09 Å². The molecule has 1 aliphatic carbocycles. The van der Waals surface area contributed by atoms with Crippen LogP contribution < -0.4 is 4.74 Å². The first-order valence-corrected chi connectivity index (χ1v) is 8.68. The number of piperidine rings is 1. The van der Waals surface area contributed by atoms with Crippen molar-refractivity contribution in [1.82, 2.24) is 4.90 Å². The standard InChI is InChI=1S/C17H22BrNO3/c1-12-14(18)3-2-4-15(12)22-13-5-6-17(11-13)7-9-19(10-8-17)16(20)21/h2-4,13H,5-11H2,1H3,(H,20,21)/t13-/m0/s1. The summed E-state index contributed by atoms with van der Waals surface area (Å²) in [6, 6.07) is 6.06. The summed E-state index contributed by atoms with van der Waals surface area (Å²) in [6.45, 7) is 3.39. The summed E-state index contributed by atoms with van der Waals surface area (Å²) in [6.07, 6.45) is 4.67. The van der Waals surface area contributed by atoms with Crippen LogP contribution in [0.4, 0.5) is 4.79 Å². The molecule has 1 heterocycles. The Bertz CT molecular complexity index is 567. The van der Waals surface area contributed by atoms with Crippen molar-refractivity contribution in [3.63, 3.8) is 0 Å². The number of carboxylic acid groups (broad SMARTS) is 1. The molecule has 1 saturated heterocycles. The number of benzene rings is 1. The Labute approximate surface area is 139 Å². The van der Waals surface area contributed by atoms with Crippen LogP contribution in [0.1, 0.15) is 37.7 Å². The molecule has 1 saturated carbocycles. The van der Waals surface area contributed by atoms with E-state index in [4.69, 9.17) is 9.84 Å². The van der Waals surface area contributed by atoms with Crippen LogP contribution in [0.3, 0.4) is 0 Å². The zero-order valence-corrected chi connectivity index (χ0v) is 14.4. The van der Waals surface area contributed by atoms with Crippen LogP contribution in [-0.2, 0) is 0 Å². The average Bonchev–Trinajstić information content (AvgIpc) is 2.87. The van der Waals surface area contributed by atoms with Gasteiger partial charge in [0.1, 0.15) is 5.75 Å². The van der Waals surface area contributed by atoms with Crippen molar-refractivity contribution in [3.8, 4) is 5.75 Å². The molecule has 1 amide bonds. The third kappa shape index (κ3) is 3.09. The summed E-state index contributed by atoms with van der Waals surface area (Å²) < 4.78 is 7.31. The molecule has 5 heteroatoms. The van der Waals surface area contributed by atoms with Gasteiger partial charge in [0.25, 0.3) is 0 Å². The van der Waals surface area contributed by atoms with E-state index in [1.807, 2.05) is 18.2 Å². The minimum Gasteiger partial charge on any atom is -0.490 e. The molecule has 0 radical (unpaired) electrons. The number of hydrogen-bond donors (Lipinski definition) is 1. The molecule has 1 spiro atoms. The van der Waals surface area contributed by atoms with Gasteiger partial charge in [-0.1, -0.05) is 22.0 Å². The number of halogens is 1. The first-order valence-electron chi connectivity index (χ1n) is 7.89. The molecule has 1 aliphatic heterocycles. The van der Waals surface area contributed by atoms with Crippen LogP contribution in [0.5, 0.6) is 5.75 Å². The zero-order chi connectivity index (χ0) is 15.7. The van der Waals surface area contributed by atoms with Gasteiger partial charge in [0.15, 0.2) is 0 Å². The fourth-order valence-corrected chi connectivity index (χ4v) is 4.12. The molecule has 1 atom stereocenters. The topological polar surface area (TPSA) is 49.8 Å². The van der Waals surface area contributed by atoms with Gasteiger partial charge in [0, 0.05) is 23.1 Å². The van der Waals surface area contributed by atoms with Crippen LogP contribution in [0.15, 0.2) is 22.7 Å². The molecular formula is C17H22BrNO3. The Morgan fingerprint density at radius 1 is 1.36 bits per heavy atom. The Kier molecular flexibility index (Phi) is 4.35. The van der Waals surface area contributed by atoms with Crippen LogP contribution in [-0.4, -0.2) is 35.3 Å². The summed E-state index contributed by atoms with van der Waals surface area (Å²) in [7, 11) is 0. The number of hydrogen-bond acceptors (Lipinski definition) is 2. The van der Waals surface area contributed by atoms with Crippen molar-refractivity contribution in [3.05, 3.63) is 28.2 Å². The number of amides is 1. The highest BCUT2D eigenvalue weighted by Gasteiger charge is 2.43. The average molecular weight is 368 g/mol. The molecule has 1 aromatic rings. The molecule has 4 nitrogen and oxygen atoms in total. The Morgan fingerprint density at radius 3 is 2.77 bits per heavy atom. The highest BCUT2D eigenvalue weighted by Crippen LogP contribution is 2.47. The second-order valence-corrected chi connectivity index (χ2v) is 7.47. The lowest BCUT2D eigenvalue weighted by Crippen LogP contribution is -2.41. The maximum absolute atomic E-state index is 11.0. The predicted molar refractivity (Wildman–Crippen MR) is 88.4 cm³/mol. The zero-order valence-electron chi connectivity index (χ0n) is 12.8. The number of carbonyl (C=O) groups is 1. The molecule has 0 bridgehead atoms. The Balaban J connectivity index is 1.61. The summed E-state index contributed by atoms with van der Waals surface area (Å²) in [5, 5.41) is 9.07. The van der Waals surface area contributed by atoms with Gasteiger partial charge in [-0.25, -0.2) is 4.79 Å². The third-order valence-electron chi connectivity index (χ3n) is 5.26. The number of likely N-dealkylation sites (tertiary alicyclic amines) is 1. The van der Waals surface area contributed by atoms with Crippen LogP contribution in [0, 0.1) is 12.3 Å². The number of ether oxygens (including phenoxy) is 1. The largest absolute Gasteiger partial charge is 0.490 e. The summed E-state index contributed by atoms with van der Waals surface area (Å²) in [4.78, 5) is 12.6. The van der Waals surface area contributed by atoms with Gasteiger partial charge in [-0.15, -0.1) is 0 Å². The molecule has 1 N–H and O–H groups in total. The fourth-order valence-electron chi connectivity index (χ4n) is 3.78. The van der Waals surface area contributed by atoms with E-state index in [2.05, 4.69) is 22.9 Å². The van der Waals surface area contributed by atoms with E-state index in [1.54, 1.807) is 0 Å². The van der Waals surface area contributed by atoms with Crippen molar-refractivity contribution in [2.75, 3.05) is 13.1 Å². The number of rotatable bonds is 2. The van der Waals surface area contributed by atoms with Crippen molar-refractivity contribution >= 4 is 22.0 Å². The molecule has 22 heavy (non-hydrogen) atoms. The fraction of sp³-hybridized carbons (Fsp3) is 0.588. The van der Waals surface area contributed by atoms with E-state index >= 15 is 0 Å². The molecule has 0 aromatic heterocycles. The predicted octanol–water partition coefficient (Wildman–Crippen LogP) is 4.45. The smallest absolute Gasteiger partial charge is 0.407 e. The number of nitrogens with zero attached hydrogens (tertiary/aromatic N) is 1. The summed E-state index contributed by atoms with van der Waals surface area (Å²) >= 11 is 3.54. The van der Waals surface area contributed by atoms with E-state index < -0.39 is 6.09 Å². The minimum atomic E-state index is -0.787. The van der Waals surface area contributed by atoms with E-state index in [0.717, 1.165) is 47.9 Å². The molecular weight excluding hydrogens is 346 g/mol. The summed E-state index contributed by atoms with van der Waals surface area (Å²) in [5.41, 5.74) is 1.43. The normalized spacial score (nSPS) is 23.7. The highest BCUT2D eigenvalue weighted by molar-refractivity contribution is 9.10. The molecule has 0 unspecified atom stereocenters. The lowest BCUT2D eigenvalue weighted by atomic mass is 9.77. The van der Waals surface area contributed by atoms with Crippen molar-refractivity contribution in [2.24, 2.45) is 5.41 Å². The first kappa shape index (κ1) is 15.7. The van der Waals surface area contributed by atoms with Gasteiger partial charge in [0.2, 0.25) is 0 Å².